The summed E-state index contributed by atoms with van der Waals surface area (Å²) in [5.41, 5.74) is 5.02. The topological polar surface area (TPSA) is 58.0 Å². The number of nitrogens with zero attached hydrogens (tertiary/aromatic N) is 3. The zero-order chi connectivity index (χ0) is 13.7. The molecule has 1 aromatic carbocycles. The molecule has 0 radical (unpaired) electrons. The monoisotopic (exact) mass is 268 g/mol. The highest BCUT2D eigenvalue weighted by molar-refractivity contribution is 5.92. The fraction of sp³-hybridized carbons (Fsp3) is 0.333. The van der Waals surface area contributed by atoms with E-state index in [1.54, 1.807) is 6.20 Å². The Morgan fingerprint density at radius 2 is 2.20 bits per heavy atom. The lowest BCUT2D eigenvalue weighted by Crippen LogP contribution is -2.34. The molecule has 2 aromatic heterocycles. The quantitative estimate of drug-likeness (QED) is 0.774. The Hall–Kier alpha value is -2.14. The lowest BCUT2D eigenvalue weighted by Gasteiger charge is -2.29. The van der Waals surface area contributed by atoms with Crippen molar-refractivity contribution in [2.24, 2.45) is 0 Å². The first-order valence-electron chi connectivity index (χ1n) is 6.80. The van der Waals surface area contributed by atoms with E-state index in [9.17, 15) is 0 Å². The summed E-state index contributed by atoms with van der Waals surface area (Å²) in [7, 11) is 4.27. The van der Waals surface area contributed by atoms with Crippen LogP contribution in [0.2, 0.25) is 0 Å². The Morgan fingerprint density at radius 3 is 2.95 bits per heavy atom. The van der Waals surface area contributed by atoms with Gasteiger partial charge in [0, 0.05) is 34.0 Å². The molecule has 102 valence electrons. The largest absolute Gasteiger partial charge is 0.361 e. The van der Waals surface area contributed by atoms with Crippen LogP contribution in [0, 0.1) is 0 Å². The number of nitrogens with one attached hydrogen (secondary N) is 1. The second kappa shape index (κ2) is 4.18. The van der Waals surface area contributed by atoms with Crippen molar-refractivity contribution < 1.29 is 4.52 Å². The van der Waals surface area contributed by atoms with Crippen molar-refractivity contribution in [3.05, 3.63) is 35.7 Å². The van der Waals surface area contributed by atoms with E-state index in [1.807, 2.05) is 0 Å². The molecule has 4 rings (SSSR count). The number of hydrogen-bond donors (Lipinski definition) is 1. The molecular formula is C15H16N4O. The third-order valence-electron chi connectivity index (χ3n) is 4.29. The fourth-order valence-electron chi connectivity index (χ4n) is 3.19. The zero-order valence-electron chi connectivity index (χ0n) is 11.6. The second-order valence-corrected chi connectivity index (χ2v) is 5.64. The van der Waals surface area contributed by atoms with E-state index in [4.69, 9.17) is 4.52 Å². The molecule has 0 amide bonds. The number of aromatic amines is 1. The molecule has 1 unspecified atom stereocenters. The van der Waals surface area contributed by atoms with Crippen molar-refractivity contribution >= 4 is 10.9 Å². The van der Waals surface area contributed by atoms with Gasteiger partial charge in [0.15, 0.2) is 5.76 Å². The number of hydrogen-bond acceptors (Lipinski definition) is 4. The van der Waals surface area contributed by atoms with Gasteiger partial charge in [0.05, 0.1) is 6.20 Å². The summed E-state index contributed by atoms with van der Waals surface area (Å²) in [5, 5.41) is 8.74. The van der Waals surface area contributed by atoms with Crippen molar-refractivity contribution in [2.45, 2.75) is 18.9 Å². The maximum atomic E-state index is 5.26. The standard InChI is InChI=1S/C15H16N4O/c1-19(2)10-5-9-7-16-13-4-3-11(12(6-10)15(9)13)14-8-17-18-20-14/h3-4,7-8,10,16H,5-6H2,1-2H3. The van der Waals surface area contributed by atoms with Crippen LogP contribution in [0.3, 0.4) is 0 Å². The normalized spacial score (nSPS) is 18.1. The Balaban J connectivity index is 1.96. The number of likely N-dealkylation sites (N-methyl/N-ethyl adjacent to an activating group) is 1. The zero-order valence-corrected chi connectivity index (χ0v) is 11.6. The molecule has 1 N–H and O–H groups in total. The van der Waals surface area contributed by atoms with Gasteiger partial charge in [-0.15, -0.1) is 5.10 Å². The van der Waals surface area contributed by atoms with E-state index in [0.29, 0.717) is 6.04 Å². The molecule has 0 fully saturated rings. The van der Waals surface area contributed by atoms with Crippen LogP contribution in [0.25, 0.3) is 22.2 Å². The minimum absolute atomic E-state index is 0.513. The summed E-state index contributed by atoms with van der Waals surface area (Å²) in [6.45, 7) is 0. The average molecular weight is 268 g/mol. The van der Waals surface area contributed by atoms with Crippen LogP contribution in [-0.4, -0.2) is 40.4 Å². The molecule has 1 atom stereocenters. The van der Waals surface area contributed by atoms with Crippen molar-refractivity contribution in [3.63, 3.8) is 0 Å². The molecule has 5 heteroatoms. The average Bonchev–Trinajstić information content (AvgIpc) is 3.09. The fourth-order valence-corrected chi connectivity index (χ4v) is 3.19. The smallest absolute Gasteiger partial charge is 0.187 e. The summed E-state index contributed by atoms with van der Waals surface area (Å²) in [6, 6.07) is 4.72. The molecule has 0 spiro atoms. The van der Waals surface area contributed by atoms with Gasteiger partial charge in [0.2, 0.25) is 0 Å². The number of benzene rings is 1. The van der Waals surface area contributed by atoms with Crippen molar-refractivity contribution in [2.75, 3.05) is 14.1 Å². The van der Waals surface area contributed by atoms with Gasteiger partial charge in [-0.25, -0.2) is 0 Å². The highest BCUT2D eigenvalue weighted by atomic mass is 16.5. The molecular weight excluding hydrogens is 252 g/mol. The minimum atomic E-state index is 0.513. The van der Waals surface area contributed by atoms with Gasteiger partial charge in [0.25, 0.3) is 0 Å². The van der Waals surface area contributed by atoms with Gasteiger partial charge < -0.3 is 14.4 Å². The summed E-state index contributed by atoms with van der Waals surface area (Å²) in [6.07, 6.45) is 5.92. The lowest BCUT2D eigenvalue weighted by molar-refractivity contribution is 0.287. The van der Waals surface area contributed by atoms with Gasteiger partial charge in [-0.1, -0.05) is 0 Å². The molecule has 3 aromatic rings. The van der Waals surface area contributed by atoms with Crippen LogP contribution in [0.15, 0.2) is 29.0 Å². The van der Waals surface area contributed by atoms with Crippen LogP contribution in [0.5, 0.6) is 0 Å². The molecule has 1 aliphatic carbocycles. The lowest BCUT2D eigenvalue weighted by atomic mass is 9.85. The van der Waals surface area contributed by atoms with Crippen LogP contribution in [-0.2, 0) is 12.8 Å². The highest BCUT2D eigenvalue weighted by Gasteiger charge is 2.26. The first-order valence-corrected chi connectivity index (χ1v) is 6.80. The van der Waals surface area contributed by atoms with Crippen molar-refractivity contribution in [1.29, 1.82) is 0 Å². The van der Waals surface area contributed by atoms with E-state index in [1.165, 1.54) is 22.0 Å². The highest BCUT2D eigenvalue weighted by Crippen LogP contribution is 2.37. The molecule has 0 aliphatic heterocycles. The van der Waals surface area contributed by atoms with Gasteiger partial charge in [0.1, 0.15) is 0 Å². The van der Waals surface area contributed by atoms with Gasteiger partial charge in [-0.3, -0.25) is 0 Å². The predicted molar refractivity (Wildman–Crippen MR) is 76.5 cm³/mol. The van der Waals surface area contributed by atoms with Crippen molar-refractivity contribution in [3.8, 4) is 11.3 Å². The van der Waals surface area contributed by atoms with E-state index in [-0.39, 0.29) is 0 Å². The molecule has 1 aliphatic rings. The van der Waals surface area contributed by atoms with Gasteiger partial charge in [-0.05, 0) is 50.2 Å². The third-order valence-corrected chi connectivity index (χ3v) is 4.29. The maximum absolute atomic E-state index is 5.26. The Morgan fingerprint density at radius 1 is 1.30 bits per heavy atom. The van der Waals surface area contributed by atoms with Crippen LogP contribution in [0.1, 0.15) is 11.1 Å². The van der Waals surface area contributed by atoms with E-state index in [2.05, 4.69) is 52.7 Å². The Kier molecular flexibility index (Phi) is 2.44. The summed E-state index contributed by atoms with van der Waals surface area (Å²) in [5.74, 6) is 0.744. The van der Waals surface area contributed by atoms with E-state index in [0.717, 1.165) is 24.2 Å². The second-order valence-electron chi connectivity index (χ2n) is 5.64. The minimum Gasteiger partial charge on any atom is -0.361 e. The number of H-pyrrole nitrogens is 1. The third kappa shape index (κ3) is 1.59. The summed E-state index contributed by atoms with van der Waals surface area (Å²) in [4.78, 5) is 5.66. The predicted octanol–water partition coefficient (Wildman–Crippen LogP) is 2.25. The van der Waals surface area contributed by atoms with Crippen LogP contribution >= 0.6 is 0 Å². The summed E-state index contributed by atoms with van der Waals surface area (Å²) >= 11 is 0. The SMILES string of the molecule is CN(C)C1Cc2c[nH]c3ccc(-c4cnno4)c(c23)C1. The number of rotatable bonds is 2. The molecule has 2 heterocycles. The van der Waals surface area contributed by atoms with Gasteiger partial charge >= 0.3 is 0 Å². The molecule has 5 nitrogen and oxygen atoms in total. The molecule has 0 saturated heterocycles. The van der Waals surface area contributed by atoms with E-state index < -0.39 is 0 Å². The Labute approximate surface area is 116 Å². The Bertz CT molecular complexity index is 758. The first-order chi connectivity index (χ1) is 9.74. The maximum Gasteiger partial charge on any atom is 0.187 e. The first kappa shape index (κ1) is 11.7. The molecule has 0 saturated carbocycles. The summed E-state index contributed by atoms with van der Waals surface area (Å²) < 4.78 is 5.26. The van der Waals surface area contributed by atoms with Crippen LogP contribution in [0.4, 0.5) is 0 Å². The molecule has 0 bridgehead atoms. The van der Waals surface area contributed by atoms with E-state index >= 15 is 0 Å². The van der Waals surface area contributed by atoms with Crippen molar-refractivity contribution in [1.82, 2.24) is 20.3 Å². The molecule has 20 heavy (non-hydrogen) atoms. The van der Waals surface area contributed by atoms with Crippen LogP contribution < -0.4 is 0 Å². The number of aromatic nitrogens is 3. The van der Waals surface area contributed by atoms with Gasteiger partial charge in [-0.2, -0.15) is 0 Å².